The summed E-state index contributed by atoms with van der Waals surface area (Å²) in [5, 5.41) is 14.9. The molecular formula is C20H27N3O4. The van der Waals surface area contributed by atoms with Crippen LogP contribution < -0.4 is 10.6 Å². The minimum absolute atomic E-state index is 0.0260. The van der Waals surface area contributed by atoms with E-state index in [1.54, 1.807) is 0 Å². The molecule has 0 bridgehead atoms. The molecule has 7 heteroatoms. The minimum atomic E-state index is -0.744. The fourth-order valence-corrected chi connectivity index (χ4v) is 3.86. The average molecular weight is 373 g/mol. The normalized spacial score (nSPS) is 22.5. The summed E-state index contributed by atoms with van der Waals surface area (Å²) in [4.78, 5) is 36.9. The number of urea groups is 1. The van der Waals surface area contributed by atoms with Crippen LogP contribution in [0, 0.1) is 5.92 Å². The van der Waals surface area contributed by atoms with Crippen molar-refractivity contribution in [2.75, 3.05) is 6.54 Å². The Balaban J connectivity index is 1.48. The van der Waals surface area contributed by atoms with Crippen LogP contribution in [0.3, 0.4) is 0 Å². The molecule has 1 aliphatic heterocycles. The zero-order chi connectivity index (χ0) is 19.2. The minimum Gasteiger partial charge on any atom is -0.481 e. The van der Waals surface area contributed by atoms with Crippen LogP contribution in [-0.2, 0) is 22.7 Å². The Hall–Kier alpha value is -2.57. The van der Waals surface area contributed by atoms with E-state index in [1.807, 2.05) is 29.2 Å². The molecule has 1 saturated carbocycles. The Bertz CT molecular complexity index is 698. The third kappa shape index (κ3) is 5.21. The number of aliphatic carboxylic acids is 1. The van der Waals surface area contributed by atoms with Crippen LogP contribution in [0.15, 0.2) is 24.3 Å². The van der Waals surface area contributed by atoms with Crippen LogP contribution >= 0.6 is 0 Å². The molecule has 0 aromatic heterocycles. The van der Waals surface area contributed by atoms with Crippen molar-refractivity contribution >= 4 is 17.9 Å². The number of carbonyl (C=O) groups is 3. The second kappa shape index (κ2) is 8.88. The van der Waals surface area contributed by atoms with Gasteiger partial charge in [0.2, 0.25) is 5.91 Å². The van der Waals surface area contributed by atoms with E-state index in [1.165, 1.54) is 0 Å². The fourth-order valence-electron chi connectivity index (χ4n) is 3.86. The Kier molecular flexibility index (Phi) is 6.32. The van der Waals surface area contributed by atoms with E-state index in [0.29, 0.717) is 45.2 Å². The molecule has 1 saturated heterocycles. The van der Waals surface area contributed by atoms with Gasteiger partial charge in [0.05, 0.1) is 5.92 Å². The van der Waals surface area contributed by atoms with Gasteiger partial charge in [-0.05, 0) is 43.2 Å². The number of amides is 3. The largest absolute Gasteiger partial charge is 0.481 e. The van der Waals surface area contributed by atoms with Crippen molar-refractivity contribution in [3.8, 4) is 0 Å². The van der Waals surface area contributed by atoms with Gasteiger partial charge in [-0.1, -0.05) is 24.3 Å². The number of nitrogens with zero attached hydrogens (tertiary/aromatic N) is 1. The lowest BCUT2D eigenvalue weighted by Crippen LogP contribution is -2.44. The third-order valence-corrected chi connectivity index (χ3v) is 5.50. The SMILES string of the molecule is O=C(NCc1ccccc1CN1CCCC1=O)NC1CCC(C(=O)O)CC1. The van der Waals surface area contributed by atoms with Crippen LogP contribution in [0.5, 0.6) is 0 Å². The maximum absolute atomic E-state index is 12.2. The lowest BCUT2D eigenvalue weighted by Gasteiger charge is -2.27. The zero-order valence-corrected chi connectivity index (χ0v) is 15.4. The summed E-state index contributed by atoms with van der Waals surface area (Å²) < 4.78 is 0. The van der Waals surface area contributed by atoms with Crippen molar-refractivity contribution in [3.05, 3.63) is 35.4 Å². The number of rotatable bonds is 6. The van der Waals surface area contributed by atoms with Gasteiger partial charge in [0.25, 0.3) is 0 Å². The number of nitrogens with one attached hydrogen (secondary N) is 2. The number of carboxylic acids is 1. The van der Waals surface area contributed by atoms with Crippen molar-refractivity contribution in [3.63, 3.8) is 0 Å². The highest BCUT2D eigenvalue weighted by Crippen LogP contribution is 2.24. The third-order valence-electron chi connectivity index (χ3n) is 5.50. The van der Waals surface area contributed by atoms with Crippen LogP contribution in [-0.4, -0.2) is 40.5 Å². The van der Waals surface area contributed by atoms with Crippen LogP contribution in [0.1, 0.15) is 49.7 Å². The number of likely N-dealkylation sites (tertiary alicyclic amines) is 1. The summed E-state index contributed by atoms with van der Waals surface area (Å²) >= 11 is 0. The van der Waals surface area contributed by atoms with Crippen LogP contribution in [0.4, 0.5) is 4.79 Å². The average Bonchev–Trinajstić information content (AvgIpc) is 3.06. The molecule has 3 amide bonds. The molecule has 0 atom stereocenters. The van der Waals surface area contributed by atoms with E-state index in [9.17, 15) is 14.4 Å². The summed E-state index contributed by atoms with van der Waals surface area (Å²) in [5.41, 5.74) is 2.05. The predicted molar refractivity (Wildman–Crippen MR) is 99.8 cm³/mol. The molecule has 146 valence electrons. The van der Waals surface area contributed by atoms with E-state index in [4.69, 9.17) is 5.11 Å². The predicted octanol–water partition coefficient (Wildman–Crippen LogP) is 2.25. The van der Waals surface area contributed by atoms with E-state index in [-0.39, 0.29) is 23.9 Å². The molecule has 0 unspecified atom stereocenters. The van der Waals surface area contributed by atoms with Gasteiger partial charge >= 0.3 is 12.0 Å². The summed E-state index contributed by atoms with van der Waals surface area (Å²) in [5.74, 6) is -0.843. The summed E-state index contributed by atoms with van der Waals surface area (Å²) in [7, 11) is 0. The number of benzene rings is 1. The number of carbonyl (C=O) groups excluding carboxylic acids is 2. The van der Waals surface area contributed by atoms with Gasteiger partial charge in [-0.2, -0.15) is 0 Å². The van der Waals surface area contributed by atoms with Crippen molar-refractivity contribution in [2.45, 2.75) is 57.7 Å². The lowest BCUT2D eigenvalue weighted by molar-refractivity contribution is -0.142. The number of hydrogen-bond acceptors (Lipinski definition) is 3. The summed E-state index contributed by atoms with van der Waals surface area (Å²) in [6.45, 7) is 1.77. The molecule has 2 fully saturated rings. The van der Waals surface area contributed by atoms with Crippen molar-refractivity contribution in [1.29, 1.82) is 0 Å². The van der Waals surface area contributed by atoms with Gasteiger partial charge in [0.15, 0.2) is 0 Å². The second-order valence-electron chi connectivity index (χ2n) is 7.40. The van der Waals surface area contributed by atoms with Crippen LogP contribution in [0.2, 0.25) is 0 Å². The van der Waals surface area contributed by atoms with Crippen LogP contribution in [0.25, 0.3) is 0 Å². The smallest absolute Gasteiger partial charge is 0.315 e. The second-order valence-corrected chi connectivity index (χ2v) is 7.40. The van der Waals surface area contributed by atoms with E-state index in [2.05, 4.69) is 10.6 Å². The highest BCUT2D eigenvalue weighted by atomic mass is 16.4. The Morgan fingerprint density at radius 1 is 1.11 bits per heavy atom. The first kappa shape index (κ1) is 19.2. The molecule has 1 aliphatic carbocycles. The molecule has 2 aliphatic rings. The molecule has 3 N–H and O–H groups in total. The van der Waals surface area contributed by atoms with Gasteiger partial charge in [-0.15, -0.1) is 0 Å². The Labute approximate surface area is 159 Å². The Morgan fingerprint density at radius 2 is 1.81 bits per heavy atom. The maximum atomic E-state index is 12.2. The lowest BCUT2D eigenvalue weighted by atomic mass is 9.86. The Morgan fingerprint density at radius 3 is 2.44 bits per heavy atom. The summed E-state index contributed by atoms with van der Waals surface area (Å²) in [6.07, 6.45) is 4.12. The van der Waals surface area contributed by atoms with E-state index < -0.39 is 5.97 Å². The quantitative estimate of drug-likeness (QED) is 0.712. The summed E-state index contributed by atoms with van der Waals surface area (Å²) in [6, 6.07) is 7.62. The van der Waals surface area contributed by atoms with Gasteiger partial charge < -0.3 is 20.6 Å². The zero-order valence-electron chi connectivity index (χ0n) is 15.4. The molecule has 1 aromatic carbocycles. The standard InChI is InChI=1S/C20H27N3O4/c24-18-6-3-11-23(18)13-16-5-2-1-4-15(16)12-21-20(27)22-17-9-7-14(8-10-17)19(25)26/h1-2,4-5,14,17H,3,6-13H2,(H,25,26)(H2,21,22,27). The maximum Gasteiger partial charge on any atom is 0.315 e. The molecule has 0 spiro atoms. The fraction of sp³-hybridized carbons (Fsp3) is 0.550. The molecule has 3 rings (SSSR count). The van der Waals surface area contributed by atoms with Crippen molar-refractivity contribution in [2.24, 2.45) is 5.92 Å². The molecule has 1 aromatic rings. The highest BCUT2D eigenvalue weighted by Gasteiger charge is 2.26. The van der Waals surface area contributed by atoms with Gasteiger partial charge in [-0.25, -0.2) is 4.79 Å². The van der Waals surface area contributed by atoms with E-state index >= 15 is 0 Å². The first-order valence-electron chi connectivity index (χ1n) is 9.64. The van der Waals surface area contributed by atoms with E-state index in [0.717, 1.165) is 24.1 Å². The molecular weight excluding hydrogens is 346 g/mol. The van der Waals surface area contributed by atoms with Gasteiger partial charge in [0, 0.05) is 32.1 Å². The van der Waals surface area contributed by atoms with Crippen molar-refractivity contribution in [1.82, 2.24) is 15.5 Å². The first-order valence-corrected chi connectivity index (χ1v) is 9.64. The number of hydrogen-bond donors (Lipinski definition) is 3. The number of carboxylic acid groups (broad SMARTS) is 1. The molecule has 27 heavy (non-hydrogen) atoms. The highest BCUT2D eigenvalue weighted by molar-refractivity contribution is 5.78. The molecule has 7 nitrogen and oxygen atoms in total. The van der Waals surface area contributed by atoms with Gasteiger partial charge in [0.1, 0.15) is 0 Å². The van der Waals surface area contributed by atoms with Gasteiger partial charge in [-0.3, -0.25) is 9.59 Å². The van der Waals surface area contributed by atoms with Crippen molar-refractivity contribution < 1.29 is 19.5 Å². The molecule has 1 heterocycles. The monoisotopic (exact) mass is 373 g/mol. The topological polar surface area (TPSA) is 98.7 Å². The first-order chi connectivity index (χ1) is 13.0. The molecule has 0 radical (unpaired) electrons.